The zero-order valence-corrected chi connectivity index (χ0v) is 30.2. The van der Waals surface area contributed by atoms with Crippen molar-refractivity contribution in [1.82, 2.24) is 9.38 Å². The summed E-state index contributed by atoms with van der Waals surface area (Å²) in [5, 5.41) is 10.6. The number of imidazole rings is 1. The predicted molar refractivity (Wildman–Crippen MR) is 189 cm³/mol. The van der Waals surface area contributed by atoms with Gasteiger partial charge in [-0.05, 0) is 113 Å². The highest BCUT2D eigenvalue weighted by atomic mass is 79.9. The van der Waals surface area contributed by atoms with Crippen LogP contribution in [0.4, 0.5) is 10.2 Å². The second-order valence-electron chi connectivity index (χ2n) is 14.4. The second-order valence-corrected chi connectivity index (χ2v) is 15.1. The summed E-state index contributed by atoms with van der Waals surface area (Å²) < 4.78 is 37.0. The van der Waals surface area contributed by atoms with Gasteiger partial charge in [-0.15, -0.1) is 0 Å². The first kappa shape index (κ1) is 34.4. The Balaban J connectivity index is 1.57. The minimum Gasteiger partial charge on any atom is -0.487 e. The van der Waals surface area contributed by atoms with Crippen molar-refractivity contribution in [3.63, 3.8) is 0 Å². The smallest absolute Gasteiger partial charge is 0.337 e. The van der Waals surface area contributed by atoms with E-state index >= 15 is 4.39 Å². The highest BCUT2D eigenvalue weighted by Crippen LogP contribution is 2.43. The number of fused-ring (bicyclic) bond motifs is 8. The van der Waals surface area contributed by atoms with E-state index in [1.807, 2.05) is 75.5 Å². The molecular weight excluding hydrogens is 677 g/mol. The van der Waals surface area contributed by atoms with Gasteiger partial charge in [-0.1, -0.05) is 30.3 Å². The van der Waals surface area contributed by atoms with Crippen LogP contribution < -0.4 is 9.64 Å². The van der Waals surface area contributed by atoms with E-state index in [2.05, 4.69) is 27.8 Å². The number of para-hydroxylation sites is 1. The molecule has 5 heterocycles. The van der Waals surface area contributed by atoms with Crippen molar-refractivity contribution in [3.05, 3.63) is 70.1 Å². The minimum atomic E-state index is -1.21. The summed E-state index contributed by atoms with van der Waals surface area (Å²) in [6.45, 7) is 13.7. The van der Waals surface area contributed by atoms with Crippen LogP contribution in [0.3, 0.4) is 0 Å². The van der Waals surface area contributed by atoms with Crippen molar-refractivity contribution >= 4 is 33.4 Å². The van der Waals surface area contributed by atoms with Crippen LogP contribution in [-0.4, -0.2) is 57.5 Å². The zero-order chi connectivity index (χ0) is 34.4. The maximum atomic E-state index is 15.3. The summed E-state index contributed by atoms with van der Waals surface area (Å²) in [5.41, 5.74) is 4.04. The van der Waals surface area contributed by atoms with Crippen LogP contribution in [0.25, 0.3) is 28.0 Å². The fraction of sp³-hybridized carbons (Fsp3) is 0.474. The van der Waals surface area contributed by atoms with Gasteiger partial charge in [-0.2, -0.15) is 0 Å². The Bertz CT molecular complexity index is 1830. The second kappa shape index (κ2) is 13.4. The highest BCUT2D eigenvalue weighted by Gasteiger charge is 2.38. The number of piperidine rings is 1. The van der Waals surface area contributed by atoms with Gasteiger partial charge >= 0.3 is 5.97 Å². The third kappa shape index (κ3) is 6.98. The number of carboxylic acids is 1. The zero-order valence-electron chi connectivity index (χ0n) is 28.6. The van der Waals surface area contributed by atoms with Gasteiger partial charge in [0.2, 0.25) is 0 Å². The fourth-order valence-corrected chi connectivity index (χ4v) is 7.29. The number of carboxylic acid groups (broad SMARTS) is 1. The van der Waals surface area contributed by atoms with Crippen molar-refractivity contribution in [2.24, 2.45) is 0 Å². The molecule has 1 N–H and O–H groups in total. The Morgan fingerprint density at radius 2 is 1.85 bits per heavy atom. The molecule has 2 unspecified atom stereocenters. The molecule has 10 heteroatoms. The third-order valence-corrected chi connectivity index (χ3v) is 10.3. The SMILES string of the molecule is Cc1c(C(OC(C)(C)C)C(=O)O)c2n3cc(nc3c1Br)-c1cccc(c1)-c1cccc(F)c1OC(C)CCCCOC1(C)CCN2CC1. The number of carbonyl (C=O) groups is 1. The molecule has 0 saturated carbocycles. The Kier molecular flexibility index (Phi) is 9.63. The fourth-order valence-electron chi connectivity index (χ4n) is 6.79. The highest BCUT2D eigenvalue weighted by molar-refractivity contribution is 9.10. The standard InChI is InChI=1S/C38H45BrFN3O5/c1-23-11-7-8-20-46-38(6)16-18-42(19-17-38)35-30(33(36(44)45)48-37(3,4)5)24(2)31(39)34-41-29(22-43(34)35)26-13-9-12-25(21-26)27-14-10-15-28(40)32(27)47-23/h9-10,12-15,21-23,33H,7-8,11,16-20H2,1-6H3,(H,44,45). The van der Waals surface area contributed by atoms with Crippen molar-refractivity contribution in [2.45, 2.75) is 97.1 Å². The molecule has 0 amide bonds. The van der Waals surface area contributed by atoms with E-state index in [-0.39, 0.29) is 17.5 Å². The van der Waals surface area contributed by atoms with E-state index in [1.54, 1.807) is 6.07 Å². The molecule has 0 aliphatic carbocycles. The summed E-state index contributed by atoms with van der Waals surface area (Å²) >= 11 is 3.79. The molecule has 48 heavy (non-hydrogen) atoms. The molecule has 7 rings (SSSR count). The third-order valence-electron chi connectivity index (χ3n) is 9.39. The first-order chi connectivity index (χ1) is 22.7. The van der Waals surface area contributed by atoms with Gasteiger partial charge in [0, 0.05) is 42.6 Å². The van der Waals surface area contributed by atoms with Gasteiger partial charge in [0.15, 0.2) is 23.3 Å². The summed E-state index contributed by atoms with van der Waals surface area (Å²) in [6, 6.07) is 12.9. The number of hydrogen-bond donors (Lipinski definition) is 1. The molecule has 1 fully saturated rings. The van der Waals surface area contributed by atoms with Crippen molar-refractivity contribution in [2.75, 3.05) is 24.6 Å². The molecule has 0 spiro atoms. The van der Waals surface area contributed by atoms with Crippen LogP contribution in [-0.2, 0) is 14.3 Å². The van der Waals surface area contributed by atoms with Gasteiger partial charge in [-0.25, -0.2) is 14.2 Å². The number of aromatic nitrogens is 2. The molecule has 2 atom stereocenters. The van der Waals surface area contributed by atoms with E-state index in [1.165, 1.54) is 6.07 Å². The molecule has 2 aromatic carbocycles. The Hall–Kier alpha value is -3.47. The molecule has 3 aliphatic heterocycles. The lowest BCUT2D eigenvalue weighted by Crippen LogP contribution is -2.45. The molecule has 2 aromatic heterocycles. The maximum absolute atomic E-state index is 15.3. The summed E-state index contributed by atoms with van der Waals surface area (Å²) in [7, 11) is 0. The summed E-state index contributed by atoms with van der Waals surface area (Å²) in [6.07, 6.45) is 4.68. The number of rotatable bonds is 3. The molecule has 6 bridgehead atoms. The summed E-state index contributed by atoms with van der Waals surface area (Å²) in [4.78, 5) is 20.3. The van der Waals surface area contributed by atoms with Gasteiger partial charge in [-0.3, -0.25) is 4.40 Å². The van der Waals surface area contributed by atoms with Gasteiger partial charge < -0.3 is 24.2 Å². The van der Waals surface area contributed by atoms with E-state index < -0.39 is 23.5 Å². The van der Waals surface area contributed by atoms with Gasteiger partial charge in [0.1, 0.15) is 5.82 Å². The molecule has 4 aromatic rings. The number of aliphatic carboxylic acids is 1. The average molecular weight is 723 g/mol. The van der Waals surface area contributed by atoms with E-state index in [9.17, 15) is 9.90 Å². The first-order valence-electron chi connectivity index (χ1n) is 16.8. The van der Waals surface area contributed by atoms with Crippen LogP contribution in [0.15, 0.2) is 53.1 Å². The van der Waals surface area contributed by atoms with E-state index in [0.29, 0.717) is 46.6 Å². The quantitative estimate of drug-likeness (QED) is 0.226. The molecule has 8 nitrogen and oxygen atoms in total. The Labute approximate surface area is 290 Å². The maximum Gasteiger partial charge on any atom is 0.337 e. The van der Waals surface area contributed by atoms with Crippen LogP contribution in [0.1, 0.15) is 84.0 Å². The average Bonchev–Trinajstić information content (AvgIpc) is 3.48. The van der Waals surface area contributed by atoms with Crippen LogP contribution >= 0.6 is 15.9 Å². The number of benzene rings is 2. The normalized spacial score (nSPS) is 21.2. The van der Waals surface area contributed by atoms with Gasteiger partial charge in [0.25, 0.3) is 0 Å². The van der Waals surface area contributed by atoms with Crippen molar-refractivity contribution in [1.29, 1.82) is 0 Å². The lowest BCUT2D eigenvalue weighted by Gasteiger charge is -2.42. The number of nitrogens with zero attached hydrogens (tertiary/aromatic N) is 3. The van der Waals surface area contributed by atoms with Crippen LogP contribution in [0.2, 0.25) is 0 Å². The van der Waals surface area contributed by atoms with Crippen molar-refractivity contribution < 1.29 is 28.5 Å². The van der Waals surface area contributed by atoms with Gasteiger partial charge in [0.05, 0.1) is 27.5 Å². The monoisotopic (exact) mass is 721 g/mol. The molecule has 3 aliphatic rings. The Morgan fingerprint density at radius 1 is 1.15 bits per heavy atom. The molecule has 256 valence electrons. The minimum absolute atomic E-state index is 0.170. The largest absolute Gasteiger partial charge is 0.487 e. The lowest BCUT2D eigenvalue weighted by atomic mass is 9.92. The molecule has 1 saturated heterocycles. The Morgan fingerprint density at radius 3 is 2.56 bits per heavy atom. The molecular formula is C38H45BrFN3O5. The van der Waals surface area contributed by atoms with Crippen LogP contribution in [0, 0.1) is 12.7 Å². The van der Waals surface area contributed by atoms with E-state index in [0.717, 1.165) is 54.6 Å². The number of anilines is 1. The summed E-state index contributed by atoms with van der Waals surface area (Å²) in [5.74, 6) is -0.460. The number of hydrogen-bond acceptors (Lipinski definition) is 6. The first-order valence-corrected chi connectivity index (χ1v) is 17.6. The lowest BCUT2D eigenvalue weighted by molar-refractivity contribution is -0.160. The van der Waals surface area contributed by atoms with Crippen LogP contribution in [0.5, 0.6) is 5.75 Å². The topological polar surface area (TPSA) is 85.5 Å². The van der Waals surface area contributed by atoms with Crippen molar-refractivity contribution in [3.8, 4) is 28.1 Å². The number of halogens is 2. The van der Waals surface area contributed by atoms with E-state index in [4.69, 9.17) is 19.2 Å². The predicted octanol–water partition coefficient (Wildman–Crippen LogP) is 9.15. The number of ether oxygens (including phenoxy) is 3. The number of pyridine rings is 1. The molecule has 0 radical (unpaired) electrons.